The van der Waals surface area contributed by atoms with Crippen molar-refractivity contribution in [2.45, 2.75) is 50.7 Å². The lowest BCUT2D eigenvalue weighted by molar-refractivity contribution is -0.274. The molecule has 26 heavy (non-hydrogen) atoms. The normalized spacial score (nSPS) is 29.7. The Morgan fingerprint density at radius 2 is 2.04 bits per heavy atom. The van der Waals surface area contributed by atoms with E-state index >= 15 is 0 Å². The van der Waals surface area contributed by atoms with Crippen molar-refractivity contribution in [3.05, 3.63) is 29.8 Å². The maximum Gasteiger partial charge on any atom is 0.573 e. The van der Waals surface area contributed by atoms with Crippen LogP contribution in [0.4, 0.5) is 13.2 Å². The van der Waals surface area contributed by atoms with Crippen molar-refractivity contribution in [3.8, 4) is 5.75 Å². The lowest BCUT2D eigenvalue weighted by atomic mass is 9.46. The first-order valence-electron chi connectivity index (χ1n) is 8.90. The molecule has 1 aromatic carbocycles. The highest BCUT2D eigenvalue weighted by molar-refractivity contribution is 5.78. The van der Waals surface area contributed by atoms with Gasteiger partial charge in [-0.3, -0.25) is 0 Å². The number of nitrogens with two attached hydrogens (primary N) is 1. The molecule has 0 bridgehead atoms. The number of hydrogen-bond acceptors (Lipinski definition) is 3. The summed E-state index contributed by atoms with van der Waals surface area (Å²) in [5.41, 5.74) is 7.03. The summed E-state index contributed by atoms with van der Waals surface area (Å²) in [5, 5.41) is 3.37. The maximum absolute atomic E-state index is 12.2. The van der Waals surface area contributed by atoms with Gasteiger partial charge in [0.25, 0.3) is 0 Å². The van der Waals surface area contributed by atoms with Gasteiger partial charge in [-0.15, -0.1) is 13.2 Å². The molecule has 0 radical (unpaired) electrons. The Morgan fingerprint density at radius 1 is 1.31 bits per heavy atom. The van der Waals surface area contributed by atoms with E-state index in [0.717, 1.165) is 18.6 Å². The Labute approximate surface area is 149 Å². The maximum atomic E-state index is 12.2. The van der Waals surface area contributed by atoms with E-state index in [1.165, 1.54) is 31.4 Å². The van der Waals surface area contributed by atoms with Crippen molar-refractivity contribution in [3.63, 3.8) is 0 Å². The molecule has 4 rings (SSSR count). The Kier molecular flexibility index (Phi) is 4.25. The van der Waals surface area contributed by atoms with Crippen LogP contribution >= 0.6 is 0 Å². The molecule has 1 aromatic rings. The van der Waals surface area contributed by atoms with Crippen LogP contribution in [0.5, 0.6) is 5.75 Å². The van der Waals surface area contributed by atoms with Gasteiger partial charge in [-0.2, -0.15) is 0 Å². The third-order valence-corrected chi connectivity index (χ3v) is 5.93. The molecule has 3 fully saturated rings. The molecule has 1 aliphatic heterocycles. The fourth-order valence-corrected chi connectivity index (χ4v) is 4.63. The Balaban J connectivity index is 1.34. The predicted molar refractivity (Wildman–Crippen MR) is 89.5 cm³/mol. The molecule has 5 nitrogen and oxygen atoms in total. The highest BCUT2D eigenvalue weighted by atomic mass is 19.4. The summed E-state index contributed by atoms with van der Waals surface area (Å²) in [5.74, 6) is 0.634. The van der Waals surface area contributed by atoms with Crippen molar-refractivity contribution in [1.82, 2.24) is 5.32 Å². The van der Waals surface area contributed by atoms with E-state index in [-0.39, 0.29) is 11.2 Å². The van der Waals surface area contributed by atoms with E-state index in [2.05, 4.69) is 15.0 Å². The summed E-state index contributed by atoms with van der Waals surface area (Å²) in [4.78, 5) is 4.34. The third-order valence-electron chi connectivity index (χ3n) is 5.93. The van der Waals surface area contributed by atoms with Gasteiger partial charge in [0.15, 0.2) is 5.96 Å². The molecule has 1 heterocycles. The van der Waals surface area contributed by atoms with E-state index in [0.29, 0.717) is 30.6 Å². The molecule has 3 aliphatic rings. The van der Waals surface area contributed by atoms with Gasteiger partial charge in [0.1, 0.15) is 5.75 Å². The largest absolute Gasteiger partial charge is 0.573 e. The lowest BCUT2D eigenvalue weighted by Crippen LogP contribution is -2.72. The van der Waals surface area contributed by atoms with Gasteiger partial charge in [-0.05, 0) is 37.0 Å². The quantitative estimate of drug-likeness (QED) is 0.633. The van der Waals surface area contributed by atoms with Gasteiger partial charge in [-0.25, -0.2) is 4.99 Å². The van der Waals surface area contributed by atoms with E-state index in [1.807, 2.05) is 0 Å². The minimum Gasteiger partial charge on any atom is -0.406 e. The summed E-state index contributed by atoms with van der Waals surface area (Å²) in [6.45, 7) is 1.12. The summed E-state index contributed by atoms with van der Waals surface area (Å²) >= 11 is 0. The second-order valence-corrected chi connectivity index (χ2v) is 7.35. The van der Waals surface area contributed by atoms with Crippen molar-refractivity contribution in [1.29, 1.82) is 0 Å². The molecule has 3 unspecified atom stereocenters. The zero-order valence-electron chi connectivity index (χ0n) is 14.3. The zero-order valence-corrected chi connectivity index (χ0v) is 14.3. The second-order valence-electron chi connectivity index (χ2n) is 7.35. The number of halogens is 3. The van der Waals surface area contributed by atoms with Crippen molar-refractivity contribution in [2.75, 3.05) is 6.61 Å². The highest BCUT2D eigenvalue weighted by Crippen LogP contribution is 2.62. The molecule has 3 atom stereocenters. The third kappa shape index (κ3) is 3.11. The number of nitrogens with one attached hydrogen (secondary N) is 1. The number of benzene rings is 1. The Morgan fingerprint density at radius 3 is 2.65 bits per heavy atom. The SMILES string of the molecule is NC(=NCc1ccc(OC(F)(F)F)cc1)NC1C2CCOC2C12CCC2. The second kappa shape index (κ2) is 6.33. The number of fused-ring (bicyclic) bond motifs is 2. The molecule has 3 N–H and O–H groups in total. The molecule has 1 saturated heterocycles. The van der Waals surface area contributed by atoms with Crippen molar-refractivity contribution >= 4 is 5.96 Å². The molecule has 2 aliphatic carbocycles. The average Bonchev–Trinajstić information content (AvgIpc) is 2.94. The summed E-state index contributed by atoms with van der Waals surface area (Å²) < 4.78 is 46.2. The molecule has 0 amide bonds. The van der Waals surface area contributed by atoms with Crippen LogP contribution in [0.15, 0.2) is 29.3 Å². The van der Waals surface area contributed by atoms with E-state index < -0.39 is 6.36 Å². The standard InChI is InChI=1S/C18H22F3N3O2/c19-18(20,21)26-12-4-2-11(3-5-12)10-23-16(22)24-14-13-6-9-25-15(13)17(14)7-1-8-17/h2-5,13-15H,1,6-10H2,(H3,22,23,24). The Bertz CT molecular complexity index is 686. The highest BCUT2D eigenvalue weighted by Gasteiger charge is 2.66. The monoisotopic (exact) mass is 369 g/mol. The van der Waals surface area contributed by atoms with Gasteiger partial charge in [0, 0.05) is 24.0 Å². The first-order valence-corrected chi connectivity index (χ1v) is 8.90. The van der Waals surface area contributed by atoms with Crippen LogP contribution in [-0.2, 0) is 11.3 Å². The van der Waals surface area contributed by atoms with Crippen molar-refractivity contribution < 1.29 is 22.6 Å². The fraction of sp³-hybridized carbons (Fsp3) is 0.611. The number of guanidine groups is 1. The summed E-state index contributed by atoms with van der Waals surface area (Å²) in [6.07, 6.45) is 0.296. The fourth-order valence-electron chi connectivity index (χ4n) is 4.63. The van der Waals surface area contributed by atoms with Crippen LogP contribution in [0.25, 0.3) is 0 Å². The van der Waals surface area contributed by atoms with E-state index in [1.54, 1.807) is 12.1 Å². The van der Waals surface area contributed by atoms with Crippen LogP contribution in [0, 0.1) is 11.3 Å². The average molecular weight is 369 g/mol. The number of alkyl halides is 3. The molecule has 8 heteroatoms. The summed E-state index contributed by atoms with van der Waals surface area (Å²) in [6, 6.07) is 5.97. The molecule has 2 saturated carbocycles. The van der Waals surface area contributed by atoms with Crippen LogP contribution in [0.3, 0.4) is 0 Å². The minimum atomic E-state index is -4.68. The molecular weight excluding hydrogens is 347 g/mol. The first-order chi connectivity index (χ1) is 12.4. The molecule has 0 aromatic heterocycles. The number of nitrogens with zero attached hydrogens (tertiary/aromatic N) is 1. The molecule has 1 spiro atoms. The van der Waals surface area contributed by atoms with Crippen LogP contribution < -0.4 is 15.8 Å². The number of ether oxygens (including phenoxy) is 2. The van der Waals surface area contributed by atoms with Crippen LogP contribution in [-0.4, -0.2) is 31.1 Å². The van der Waals surface area contributed by atoms with Gasteiger partial charge >= 0.3 is 6.36 Å². The minimum absolute atomic E-state index is 0.220. The molecular formula is C18H22F3N3O2. The molecule has 142 valence electrons. The Hall–Kier alpha value is -1.96. The number of aliphatic imine (C=N–C) groups is 1. The lowest BCUT2D eigenvalue weighted by Gasteiger charge is -2.63. The van der Waals surface area contributed by atoms with Gasteiger partial charge < -0.3 is 20.5 Å². The number of rotatable bonds is 4. The summed E-state index contributed by atoms with van der Waals surface area (Å²) in [7, 11) is 0. The smallest absolute Gasteiger partial charge is 0.406 e. The number of hydrogen-bond donors (Lipinski definition) is 2. The predicted octanol–water partition coefficient (Wildman–Crippen LogP) is 2.95. The van der Waals surface area contributed by atoms with Crippen molar-refractivity contribution in [2.24, 2.45) is 22.1 Å². The van der Waals surface area contributed by atoms with E-state index in [9.17, 15) is 13.2 Å². The van der Waals surface area contributed by atoms with Crippen LogP contribution in [0.1, 0.15) is 31.2 Å². The first kappa shape index (κ1) is 17.5. The van der Waals surface area contributed by atoms with E-state index in [4.69, 9.17) is 10.5 Å². The van der Waals surface area contributed by atoms with Crippen LogP contribution in [0.2, 0.25) is 0 Å². The topological polar surface area (TPSA) is 68.9 Å². The zero-order chi connectivity index (χ0) is 18.4. The van der Waals surface area contributed by atoms with Gasteiger partial charge in [-0.1, -0.05) is 18.6 Å². The van der Waals surface area contributed by atoms with Gasteiger partial charge in [0.05, 0.1) is 12.6 Å². The van der Waals surface area contributed by atoms with Gasteiger partial charge in [0.2, 0.25) is 0 Å².